The van der Waals surface area contributed by atoms with E-state index in [4.69, 9.17) is 0 Å². The van der Waals surface area contributed by atoms with Crippen molar-refractivity contribution < 1.29 is 4.79 Å². The molecular formula is C21H31N5O. The van der Waals surface area contributed by atoms with Gasteiger partial charge in [-0.25, -0.2) is 9.78 Å². The Balaban J connectivity index is 1.66. The fourth-order valence-corrected chi connectivity index (χ4v) is 3.63. The van der Waals surface area contributed by atoms with Gasteiger partial charge in [-0.05, 0) is 58.0 Å². The Bertz CT molecular complexity index is 783. The molecule has 2 heterocycles. The quantitative estimate of drug-likeness (QED) is 0.878. The minimum Gasteiger partial charge on any atom is -0.333 e. The maximum absolute atomic E-state index is 12.8. The number of hydrogen-bond acceptors (Lipinski definition) is 3. The van der Waals surface area contributed by atoms with Crippen LogP contribution in [0.2, 0.25) is 0 Å². The number of likely N-dealkylation sites (N-methyl/N-ethyl adjacent to an activating group) is 1. The zero-order chi connectivity index (χ0) is 19.4. The number of anilines is 1. The molecule has 1 aliphatic heterocycles. The fourth-order valence-electron chi connectivity index (χ4n) is 3.63. The van der Waals surface area contributed by atoms with Gasteiger partial charge in [0.25, 0.3) is 0 Å². The second kappa shape index (κ2) is 8.57. The van der Waals surface area contributed by atoms with Crippen molar-refractivity contribution in [1.82, 2.24) is 19.4 Å². The monoisotopic (exact) mass is 369 g/mol. The van der Waals surface area contributed by atoms with Gasteiger partial charge in [-0.3, -0.25) is 0 Å². The zero-order valence-electron chi connectivity index (χ0n) is 16.9. The van der Waals surface area contributed by atoms with Crippen LogP contribution in [0.3, 0.4) is 0 Å². The van der Waals surface area contributed by atoms with Crippen LogP contribution in [0.1, 0.15) is 35.7 Å². The van der Waals surface area contributed by atoms with E-state index in [1.165, 1.54) is 5.56 Å². The van der Waals surface area contributed by atoms with E-state index in [1.807, 2.05) is 36.4 Å². The Labute approximate surface area is 162 Å². The van der Waals surface area contributed by atoms with Crippen LogP contribution in [0, 0.1) is 13.8 Å². The number of nitrogens with one attached hydrogen (secondary N) is 1. The van der Waals surface area contributed by atoms with Crippen LogP contribution in [-0.2, 0) is 6.54 Å². The number of nitrogens with zero attached hydrogens (tertiary/aromatic N) is 4. The molecule has 0 bridgehead atoms. The van der Waals surface area contributed by atoms with Crippen molar-refractivity contribution in [2.24, 2.45) is 0 Å². The first-order valence-electron chi connectivity index (χ1n) is 9.73. The van der Waals surface area contributed by atoms with Crippen molar-refractivity contribution in [3.8, 4) is 0 Å². The summed E-state index contributed by atoms with van der Waals surface area (Å²) in [5.74, 6) is 1.39. The molecule has 0 radical (unpaired) electrons. The molecule has 3 rings (SSSR count). The molecule has 0 aliphatic carbocycles. The third-order valence-electron chi connectivity index (χ3n) is 5.46. The highest BCUT2D eigenvalue weighted by atomic mass is 16.2. The zero-order valence-corrected chi connectivity index (χ0v) is 16.9. The Kier molecular flexibility index (Phi) is 6.16. The van der Waals surface area contributed by atoms with E-state index in [0.717, 1.165) is 56.1 Å². The van der Waals surface area contributed by atoms with Gasteiger partial charge < -0.3 is 19.7 Å². The van der Waals surface area contributed by atoms with E-state index >= 15 is 0 Å². The molecule has 6 heteroatoms. The molecule has 1 aromatic carbocycles. The minimum absolute atomic E-state index is 0.0141. The average molecular weight is 370 g/mol. The SMILES string of the molecule is Cc1cccc(NC(=O)N2CCC[C@@H](c3nccn3CCN(C)C)C2)c1C. The number of imidazole rings is 1. The van der Waals surface area contributed by atoms with Gasteiger partial charge in [0, 0.05) is 50.2 Å². The average Bonchev–Trinajstić information content (AvgIpc) is 3.12. The highest BCUT2D eigenvalue weighted by Gasteiger charge is 2.27. The van der Waals surface area contributed by atoms with Crippen molar-refractivity contribution in [2.75, 3.05) is 39.0 Å². The molecule has 27 heavy (non-hydrogen) atoms. The lowest BCUT2D eigenvalue weighted by molar-refractivity contribution is 0.190. The predicted molar refractivity (Wildman–Crippen MR) is 109 cm³/mol. The molecule has 1 atom stereocenters. The summed E-state index contributed by atoms with van der Waals surface area (Å²) in [5, 5.41) is 3.09. The van der Waals surface area contributed by atoms with Crippen molar-refractivity contribution in [3.63, 3.8) is 0 Å². The minimum atomic E-state index is -0.0141. The topological polar surface area (TPSA) is 53.4 Å². The third-order valence-corrected chi connectivity index (χ3v) is 5.46. The first-order chi connectivity index (χ1) is 13.0. The van der Waals surface area contributed by atoms with Gasteiger partial charge in [-0.2, -0.15) is 0 Å². The maximum atomic E-state index is 12.8. The lowest BCUT2D eigenvalue weighted by atomic mass is 9.97. The summed E-state index contributed by atoms with van der Waals surface area (Å²) in [4.78, 5) is 21.5. The molecule has 2 aromatic rings. The first kappa shape index (κ1) is 19.4. The van der Waals surface area contributed by atoms with E-state index in [-0.39, 0.29) is 6.03 Å². The Hall–Kier alpha value is -2.34. The van der Waals surface area contributed by atoms with Crippen LogP contribution < -0.4 is 5.32 Å². The van der Waals surface area contributed by atoms with Crippen molar-refractivity contribution in [2.45, 2.75) is 39.2 Å². The summed E-state index contributed by atoms with van der Waals surface area (Å²) in [6, 6.07) is 6.00. The molecule has 1 aromatic heterocycles. The number of amides is 2. The van der Waals surface area contributed by atoms with E-state index in [9.17, 15) is 4.79 Å². The van der Waals surface area contributed by atoms with Crippen LogP contribution in [0.4, 0.5) is 10.5 Å². The maximum Gasteiger partial charge on any atom is 0.321 e. The Morgan fingerprint density at radius 2 is 2.15 bits per heavy atom. The van der Waals surface area contributed by atoms with Gasteiger partial charge in [0.1, 0.15) is 5.82 Å². The van der Waals surface area contributed by atoms with Crippen molar-refractivity contribution in [1.29, 1.82) is 0 Å². The molecule has 2 amide bonds. The number of rotatable bonds is 5. The molecule has 1 saturated heterocycles. The molecule has 146 valence electrons. The summed E-state index contributed by atoms with van der Waals surface area (Å²) in [6.07, 6.45) is 6.01. The van der Waals surface area contributed by atoms with Crippen LogP contribution in [0.5, 0.6) is 0 Å². The molecule has 1 aliphatic rings. The summed E-state index contributed by atoms with van der Waals surface area (Å²) < 4.78 is 2.23. The summed E-state index contributed by atoms with van der Waals surface area (Å²) in [6.45, 7) is 7.53. The van der Waals surface area contributed by atoms with Gasteiger partial charge in [-0.15, -0.1) is 0 Å². The molecule has 6 nitrogen and oxygen atoms in total. The summed E-state index contributed by atoms with van der Waals surface area (Å²) in [5.41, 5.74) is 3.21. The van der Waals surface area contributed by atoms with Gasteiger partial charge in [-0.1, -0.05) is 12.1 Å². The van der Waals surface area contributed by atoms with E-state index < -0.39 is 0 Å². The highest BCUT2D eigenvalue weighted by Crippen LogP contribution is 2.27. The number of carbonyl (C=O) groups is 1. The Morgan fingerprint density at radius 1 is 1.33 bits per heavy atom. The number of hydrogen-bond donors (Lipinski definition) is 1. The van der Waals surface area contributed by atoms with Gasteiger partial charge >= 0.3 is 6.03 Å². The molecule has 0 saturated carbocycles. The first-order valence-corrected chi connectivity index (χ1v) is 9.73. The number of likely N-dealkylation sites (tertiary alicyclic amines) is 1. The fraction of sp³-hybridized carbons (Fsp3) is 0.524. The largest absolute Gasteiger partial charge is 0.333 e. The Morgan fingerprint density at radius 3 is 2.93 bits per heavy atom. The molecule has 1 fully saturated rings. The van der Waals surface area contributed by atoms with E-state index in [2.05, 4.69) is 46.9 Å². The predicted octanol–water partition coefficient (Wildman–Crippen LogP) is 3.47. The molecule has 0 unspecified atom stereocenters. The number of aryl methyl sites for hydroxylation is 1. The van der Waals surface area contributed by atoms with Gasteiger partial charge in [0.2, 0.25) is 0 Å². The van der Waals surface area contributed by atoms with Crippen LogP contribution in [0.15, 0.2) is 30.6 Å². The van der Waals surface area contributed by atoms with Gasteiger partial charge in [0.05, 0.1) is 0 Å². The normalized spacial score (nSPS) is 17.4. The van der Waals surface area contributed by atoms with Crippen molar-refractivity contribution in [3.05, 3.63) is 47.5 Å². The number of aromatic nitrogens is 2. The highest BCUT2D eigenvalue weighted by molar-refractivity contribution is 5.90. The van der Waals surface area contributed by atoms with Crippen LogP contribution >= 0.6 is 0 Å². The number of piperidine rings is 1. The second-order valence-corrected chi connectivity index (χ2v) is 7.74. The van der Waals surface area contributed by atoms with E-state index in [1.54, 1.807) is 0 Å². The lowest BCUT2D eigenvalue weighted by Crippen LogP contribution is -2.42. The lowest BCUT2D eigenvalue weighted by Gasteiger charge is -2.33. The van der Waals surface area contributed by atoms with Gasteiger partial charge in [0.15, 0.2) is 0 Å². The van der Waals surface area contributed by atoms with E-state index in [0.29, 0.717) is 5.92 Å². The van der Waals surface area contributed by atoms with Crippen LogP contribution in [-0.4, -0.2) is 59.1 Å². The number of benzene rings is 1. The summed E-state index contributed by atoms with van der Waals surface area (Å²) >= 11 is 0. The summed E-state index contributed by atoms with van der Waals surface area (Å²) in [7, 11) is 4.16. The molecule has 0 spiro atoms. The third kappa shape index (κ3) is 4.69. The second-order valence-electron chi connectivity index (χ2n) is 7.74. The number of urea groups is 1. The number of carbonyl (C=O) groups excluding carboxylic acids is 1. The smallest absolute Gasteiger partial charge is 0.321 e. The van der Waals surface area contributed by atoms with Crippen molar-refractivity contribution >= 4 is 11.7 Å². The standard InChI is InChI=1S/C21H31N5O/c1-16-7-5-9-19(17(16)2)23-21(27)26-11-6-8-18(15-26)20-22-10-12-25(20)14-13-24(3)4/h5,7,9-10,12,18H,6,8,11,13-15H2,1-4H3,(H,23,27)/t18-/m1/s1. The molecule has 1 N–H and O–H groups in total. The molecular weight excluding hydrogens is 338 g/mol. The van der Waals surface area contributed by atoms with Crippen LogP contribution in [0.25, 0.3) is 0 Å².